The number of hydrogen-bond acceptors (Lipinski definition) is 5. The van der Waals surface area contributed by atoms with Crippen LogP contribution < -0.4 is 19.1 Å². The number of anilines is 1. The Balaban J connectivity index is 1.60. The van der Waals surface area contributed by atoms with Crippen LogP contribution in [0.25, 0.3) is 0 Å². The molecule has 1 aliphatic rings. The maximum Gasteiger partial charge on any atom is 0.264 e. The molecule has 0 saturated heterocycles. The van der Waals surface area contributed by atoms with Gasteiger partial charge in [-0.2, -0.15) is 0 Å². The lowest BCUT2D eigenvalue weighted by atomic mass is 10.1. The molecule has 0 saturated carbocycles. The van der Waals surface area contributed by atoms with Gasteiger partial charge in [-0.25, -0.2) is 8.42 Å². The van der Waals surface area contributed by atoms with Gasteiger partial charge in [-0.1, -0.05) is 53.5 Å². The van der Waals surface area contributed by atoms with E-state index < -0.39 is 28.5 Å². The standard InChI is InChI=1S/C24H22Cl2N2O5S/c1-16(17-10-11-21-22(14-17)33-13-12-32-21)27-23(29)15-28(20-9-5-8-19(25)24(20)26)34(30,31)18-6-3-2-4-7-18/h2-11,14,16H,12-13,15H2,1H3,(H,27,29)/t16-/m1/s1. The van der Waals surface area contributed by atoms with Gasteiger partial charge in [-0.3, -0.25) is 9.10 Å². The van der Waals surface area contributed by atoms with Crippen LogP contribution >= 0.6 is 23.2 Å². The van der Waals surface area contributed by atoms with Crippen LogP contribution in [0.2, 0.25) is 10.0 Å². The van der Waals surface area contributed by atoms with E-state index in [1.165, 1.54) is 18.2 Å². The first kappa shape index (κ1) is 24.2. The Morgan fingerprint density at radius 1 is 1.00 bits per heavy atom. The number of carbonyl (C=O) groups excluding carboxylic acids is 1. The number of fused-ring (bicyclic) bond motifs is 1. The van der Waals surface area contributed by atoms with E-state index in [0.29, 0.717) is 24.7 Å². The monoisotopic (exact) mass is 520 g/mol. The fourth-order valence-corrected chi connectivity index (χ4v) is 5.44. The van der Waals surface area contributed by atoms with E-state index in [1.54, 1.807) is 49.4 Å². The fraction of sp³-hybridized carbons (Fsp3) is 0.208. The lowest BCUT2D eigenvalue weighted by Gasteiger charge is -2.26. The fourth-order valence-electron chi connectivity index (χ4n) is 3.53. The zero-order chi connectivity index (χ0) is 24.3. The summed E-state index contributed by atoms with van der Waals surface area (Å²) in [7, 11) is -4.11. The van der Waals surface area contributed by atoms with E-state index in [2.05, 4.69) is 5.32 Å². The van der Waals surface area contributed by atoms with Crippen molar-refractivity contribution >= 4 is 44.8 Å². The minimum absolute atomic E-state index is 0.0266. The van der Waals surface area contributed by atoms with Crippen LogP contribution in [-0.2, 0) is 14.8 Å². The molecule has 7 nitrogen and oxygen atoms in total. The van der Waals surface area contributed by atoms with Crippen molar-refractivity contribution in [3.8, 4) is 11.5 Å². The molecule has 0 fully saturated rings. The summed E-state index contributed by atoms with van der Waals surface area (Å²) >= 11 is 12.5. The minimum atomic E-state index is -4.11. The second-order valence-electron chi connectivity index (χ2n) is 7.59. The molecular formula is C24H22Cl2N2O5S. The first-order valence-corrected chi connectivity index (χ1v) is 12.7. The highest BCUT2D eigenvalue weighted by Gasteiger charge is 2.29. The van der Waals surface area contributed by atoms with Gasteiger partial charge in [0.2, 0.25) is 5.91 Å². The van der Waals surface area contributed by atoms with Crippen molar-refractivity contribution < 1.29 is 22.7 Å². The Morgan fingerprint density at radius 2 is 1.71 bits per heavy atom. The third kappa shape index (κ3) is 5.09. The van der Waals surface area contributed by atoms with Crippen molar-refractivity contribution in [3.63, 3.8) is 0 Å². The molecule has 4 rings (SSSR count). The molecule has 0 aliphatic carbocycles. The number of carbonyl (C=O) groups is 1. The molecular weight excluding hydrogens is 499 g/mol. The van der Waals surface area contributed by atoms with Crippen molar-refractivity contribution in [3.05, 3.63) is 82.3 Å². The van der Waals surface area contributed by atoms with Gasteiger partial charge >= 0.3 is 0 Å². The molecule has 0 spiro atoms. The van der Waals surface area contributed by atoms with Crippen LogP contribution in [0.3, 0.4) is 0 Å². The summed E-state index contributed by atoms with van der Waals surface area (Å²) in [6.07, 6.45) is 0. The van der Waals surface area contributed by atoms with E-state index in [9.17, 15) is 13.2 Å². The Morgan fingerprint density at radius 3 is 2.44 bits per heavy atom. The predicted molar refractivity (Wildman–Crippen MR) is 131 cm³/mol. The second kappa shape index (κ2) is 10.1. The number of nitrogens with zero attached hydrogens (tertiary/aromatic N) is 1. The summed E-state index contributed by atoms with van der Waals surface area (Å²) < 4.78 is 39.0. The average molecular weight is 521 g/mol. The molecule has 1 N–H and O–H groups in total. The summed E-state index contributed by atoms with van der Waals surface area (Å²) in [6, 6.07) is 17.4. The summed E-state index contributed by atoms with van der Waals surface area (Å²) in [4.78, 5) is 13.1. The first-order chi connectivity index (χ1) is 16.3. The van der Waals surface area contributed by atoms with Gasteiger partial charge in [0.05, 0.1) is 26.7 Å². The van der Waals surface area contributed by atoms with Crippen molar-refractivity contribution in [1.29, 1.82) is 0 Å². The molecule has 3 aromatic rings. The van der Waals surface area contributed by atoms with Gasteiger partial charge in [-0.15, -0.1) is 0 Å². The van der Waals surface area contributed by atoms with E-state index in [-0.39, 0.29) is 20.6 Å². The molecule has 178 valence electrons. The Labute approximate surface area is 208 Å². The molecule has 1 heterocycles. The van der Waals surface area contributed by atoms with Gasteiger partial charge in [-0.05, 0) is 48.9 Å². The van der Waals surface area contributed by atoms with E-state index in [4.69, 9.17) is 32.7 Å². The van der Waals surface area contributed by atoms with E-state index >= 15 is 0 Å². The number of nitrogens with one attached hydrogen (secondary N) is 1. The van der Waals surface area contributed by atoms with Crippen molar-refractivity contribution in [2.24, 2.45) is 0 Å². The third-order valence-corrected chi connectivity index (χ3v) is 7.84. The Bertz CT molecular complexity index is 1300. The molecule has 0 bridgehead atoms. The van der Waals surface area contributed by atoms with Crippen LogP contribution in [0.15, 0.2) is 71.6 Å². The van der Waals surface area contributed by atoms with Gasteiger partial charge in [0.15, 0.2) is 11.5 Å². The molecule has 1 atom stereocenters. The van der Waals surface area contributed by atoms with Crippen LogP contribution in [0, 0.1) is 0 Å². The molecule has 0 radical (unpaired) electrons. The normalized spacial score (nSPS) is 13.7. The summed E-state index contributed by atoms with van der Waals surface area (Å²) in [6.45, 7) is 2.23. The number of benzene rings is 3. The molecule has 1 amide bonds. The predicted octanol–water partition coefficient (Wildman–Crippen LogP) is 4.84. The van der Waals surface area contributed by atoms with Crippen LogP contribution in [0.1, 0.15) is 18.5 Å². The van der Waals surface area contributed by atoms with Crippen molar-refractivity contribution in [2.45, 2.75) is 17.9 Å². The number of sulfonamides is 1. The maximum absolute atomic E-state index is 13.5. The molecule has 0 unspecified atom stereocenters. The highest BCUT2D eigenvalue weighted by Crippen LogP contribution is 2.36. The molecule has 1 aliphatic heterocycles. The second-order valence-corrected chi connectivity index (χ2v) is 10.2. The summed E-state index contributed by atoms with van der Waals surface area (Å²) in [5.74, 6) is 0.728. The topological polar surface area (TPSA) is 84.9 Å². The molecule has 10 heteroatoms. The largest absolute Gasteiger partial charge is 0.486 e. The summed E-state index contributed by atoms with van der Waals surface area (Å²) in [5.41, 5.74) is 0.899. The van der Waals surface area contributed by atoms with Crippen LogP contribution in [-0.4, -0.2) is 34.1 Å². The molecule has 3 aromatic carbocycles. The van der Waals surface area contributed by atoms with Gasteiger partial charge < -0.3 is 14.8 Å². The average Bonchev–Trinajstić information content (AvgIpc) is 2.84. The Kier molecular flexibility index (Phi) is 7.21. The minimum Gasteiger partial charge on any atom is -0.486 e. The number of rotatable bonds is 7. The van der Waals surface area contributed by atoms with E-state index in [0.717, 1.165) is 9.87 Å². The zero-order valence-electron chi connectivity index (χ0n) is 18.2. The smallest absolute Gasteiger partial charge is 0.264 e. The maximum atomic E-state index is 13.5. The van der Waals surface area contributed by atoms with Crippen LogP contribution in [0.4, 0.5) is 5.69 Å². The highest BCUT2D eigenvalue weighted by molar-refractivity contribution is 7.92. The van der Waals surface area contributed by atoms with Crippen molar-refractivity contribution in [2.75, 3.05) is 24.1 Å². The van der Waals surface area contributed by atoms with E-state index in [1.807, 2.05) is 6.07 Å². The van der Waals surface area contributed by atoms with Crippen molar-refractivity contribution in [1.82, 2.24) is 5.32 Å². The third-order valence-electron chi connectivity index (χ3n) is 5.26. The molecule has 34 heavy (non-hydrogen) atoms. The van der Waals surface area contributed by atoms with Crippen LogP contribution in [0.5, 0.6) is 11.5 Å². The lowest BCUT2D eigenvalue weighted by molar-refractivity contribution is -0.120. The number of hydrogen-bond donors (Lipinski definition) is 1. The quantitative estimate of drug-likeness (QED) is 0.481. The highest BCUT2D eigenvalue weighted by atomic mass is 35.5. The summed E-state index contributed by atoms with van der Waals surface area (Å²) in [5, 5.41) is 3.06. The van der Waals surface area contributed by atoms with Gasteiger partial charge in [0.1, 0.15) is 19.8 Å². The Hall–Kier alpha value is -2.94. The van der Waals surface area contributed by atoms with Gasteiger partial charge in [0, 0.05) is 0 Å². The number of amides is 1. The SMILES string of the molecule is C[C@@H](NC(=O)CN(c1cccc(Cl)c1Cl)S(=O)(=O)c1ccccc1)c1ccc2c(c1)OCCO2. The first-order valence-electron chi connectivity index (χ1n) is 10.5. The number of halogens is 2. The van der Waals surface area contributed by atoms with Gasteiger partial charge in [0.25, 0.3) is 10.0 Å². The molecule has 0 aromatic heterocycles. The number of ether oxygens (including phenoxy) is 2. The lowest BCUT2D eigenvalue weighted by Crippen LogP contribution is -2.41. The zero-order valence-corrected chi connectivity index (χ0v) is 20.5.